The van der Waals surface area contributed by atoms with Crippen molar-refractivity contribution < 1.29 is 13.2 Å². The lowest BCUT2D eigenvalue weighted by atomic mass is 10.2. The number of carbonyl (C=O) groups excluding carboxylic acids is 1. The first-order valence-corrected chi connectivity index (χ1v) is 12.2. The van der Waals surface area contributed by atoms with E-state index in [-0.39, 0.29) is 17.3 Å². The Bertz CT molecular complexity index is 1050. The van der Waals surface area contributed by atoms with Gasteiger partial charge in [-0.25, -0.2) is 13.8 Å². The highest BCUT2D eigenvalue weighted by molar-refractivity contribution is 9.10. The van der Waals surface area contributed by atoms with Gasteiger partial charge in [-0.2, -0.15) is 9.41 Å². The molecule has 0 saturated carbocycles. The number of allylic oxidation sites excluding steroid dienone is 1. The maximum absolute atomic E-state index is 12.7. The predicted octanol–water partition coefficient (Wildman–Crippen LogP) is 3.14. The van der Waals surface area contributed by atoms with Crippen LogP contribution in [-0.4, -0.2) is 62.5 Å². The molecule has 1 fully saturated rings. The molecule has 0 spiro atoms. The quantitative estimate of drug-likeness (QED) is 0.445. The van der Waals surface area contributed by atoms with Gasteiger partial charge >= 0.3 is 0 Å². The monoisotopic (exact) mass is 524 g/mol. The van der Waals surface area contributed by atoms with Gasteiger partial charge in [0.05, 0.1) is 22.7 Å². The second-order valence-electron chi connectivity index (χ2n) is 6.87. The molecular formula is C21H22BrClN4O3S. The van der Waals surface area contributed by atoms with E-state index in [1.54, 1.807) is 30.3 Å². The predicted molar refractivity (Wildman–Crippen MR) is 126 cm³/mol. The molecule has 7 nitrogen and oxygen atoms in total. The standard InChI is InChI=1S/C21H22BrClN4O3S/c22-18-6-8-20(9-7-18)31(29,30)27-12-10-26(11-13-27)16-21(28)25-24-15-19(23)14-17-4-2-1-3-5-17/h1-9,14-15H,10-13,16H2,(H,25,28). The van der Waals surface area contributed by atoms with Crippen molar-refractivity contribution in [1.82, 2.24) is 14.6 Å². The average molecular weight is 526 g/mol. The molecule has 1 aliphatic rings. The van der Waals surface area contributed by atoms with Crippen molar-refractivity contribution in [2.75, 3.05) is 32.7 Å². The Balaban J connectivity index is 1.45. The molecular weight excluding hydrogens is 504 g/mol. The number of hydrazone groups is 1. The molecule has 1 N–H and O–H groups in total. The summed E-state index contributed by atoms with van der Waals surface area (Å²) in [7, 11) is -3.54. The van der Waals surface area contributed by atoms with Crippen LogP contribution in [0.25, 0.3) is 6.08 Å². The Kier molecular flexibility index (Phi) is 8.39. The Morgan fingerprint density at radius 3 is 2.35 bits per heavy atom. The first kappa shape index (κ1) is 23.6. The molecule has 31 heavy (non-hydrogen) atoms. The number of hydrogen-bond donors (Lipinski definition) is 1. The molecule has 2 aromatic carbocycles. The van der Waals surface area contributed by atoms with Crippen LogP contribution in [0.1, 0.15) is 5.56 Å². The summed E-state index contributed by atoms with van der Waals surface area (Å²) in [6.45, 7) is 1.69. The topological polar surface area (TPSA) is 82.1 Å². The Hall–Kier alpha value is -2.04. The second-order valence-corrected chi connectivity index (χ2v) is 10.2. The number of sulfonamides is 1. The van der Waals surface area contributed by atoms with Gasteiger partial charge < -0.3 is 0 Å². The van der Waals surface area contributed by atoms with Crippen molar-refractivity contribution in [2.45, 2.75) is 4.90 Å². The highest BCUT2D eigenvalue weighted by Crippen LogP contribution is 2.20. The van der Waals surface area contributed by atoms with Crippen LogP contribution >= 0.6 is 27.5 Å². The number of piperazine rings is 1. The van der Waals surface area contributed by atoms with Crippen LogP contribution in [0.2, 0.25) is 0 Å². The average Bonchev–Trinajstić information content (AvgIpc) is 2.75. The molecule has 0 atom stereocenters. The smallest absolute Gasteiger partial charge is 0.254 e. The van der Waals surface area contributed by atoms with Crippen LogP contribution in [0.15, 0.2) is 74.1 Å². The van der Waals surface area contributed by atoms with Crippen LogP contribution < -0.4 is 5.43 Å². The lowest BCUT2D eigenvalue weighted by Gasteiger charge is -2.33. The zero-order valence-corrected chi connectivity index (χ0v) is 19.8. The van der Waals surface area contributed by atoms with Gasteiger partial charge in [0.25, 0.3) is 5.91 Å². The van der Waals surface area contributed by atoms with Gasteiger partial charge in [0.1, 0.15) is 0 Å². The number of hydrogen-bond acceptors (Lipinski definition) is 5. The number of nitrogens with one attached hydrogen (secondary N) is 1. The van der Waals surface area contributed by atoms with Gasteiger partial charge in [0, 0.05) is 30.7 Å². The molecule has 1 saturated heterocycles. The SMILES string of the molecule is O=C(CN1CCN(S(=O)(=O)c2ccc(Br)cc2)CC1)NN=CC(Cl)=Cc1ccccc1. The van der Waals surface area contributed by atoms with E-state index < -0.39 is 10.0 Å². The number of rotatable bonds is 7. The minimum Gasteiger partial charge on any atom is -0.292 e. The summed E-state index contributed by atoms with van der Waals surface area (Å²) in [4.78, 5) is 14.3. The Morgan fingerprint density at radius 2 is 1.71 bits per heavy atom. The summed E-state index contributed by atoms with van der Waals surface area (Å²) in [5.41, 5.74) is 3.38. The highest BCUT2D eigenvalue weighted by Gasteiger charge is 2.28. The van der Waals surface area contributed by atoms with Crippen molar-refractivity contribution in [2.24, 2.45) is 5.10 Å². The van der Waals surface area contributed by atoms with Crippen molar-refractivity contribution in [3.63, 3.8) is 0 Å². The van der Waals surface area contributed by atoms with E-state index in [4.69, 9.17) is 11.6 Å². The van der Waals surface area contributed by atoms with Crippen molar-refractivity contribution in [3.05, 3.63) is 69.7 Å². The van der Waals surface area contributed by atoms with Crippen molar-refractivity contribution in [3.8, 4) is 0 Å². The summed E-state index contributed by atoms with van der Waals surface area (Å²) >= 11 is 9.40. The lowest BCUT2D eigenvalue weighted by molar-refractivity contribution is -0.122. The fourth-order valence-electron chi connectivity index (χ4n) is 3.03. The van der Waals surface area contributed by atoms with Crippen LogP contribution in [0, 0.1) is 0 Å². The third kappa shape index (κ3) is 6.98. The molecule has 1 aliphatic heterocycles. The fraction of sp³-hybridized carbons (Fsp3) is 0.238. The summed E-state index contributed by atoms with van der Waals surface area (Å²) in [5, 5.41) is 4.26. The molecule has 0 radical (unpaired) electrons. The number of carbonyl (C=O) groups is 1. The number of benzene rings is 2. The van der Waals surface area contributed by atoms with Crippen LogP contribution in [0.4, 0.5) is 0 Å². The number of amides is 1. The number of nitrogens with zero attached hydrogens (tertiary/aromatic N) is 3. The molecule has 164 valence electrons. The van der Waals surface area contributed by atoms with E-state index >= 15 is 0 Å². The molecule has 2 aromatic rings. The molecule has 10 heteroatoms. The number of halogens is 2. The summed E-state index contributed by atoms with van der Waals surface area (Å²) < 4.78 is 27.7. The molecule has 3 rings (SSSR count). The van der Waals surface area contributed by atoms with Gasteiger partial charge in [-0.3, -0.25) is 9.69 Å². The van der Waals surface area contributed by atoms with E-state index in [2.05, 4.69) is 26.5 Å². The van der Waals surface area contributed by atoms with E-state index in [1.807, 2.05) is 35.2 Å². The normalized spacial score (nSPS) is 16.5. The zero-order chi connectivity index (χ0) is 22.3. The minimum atomic E-state index is -3.54. The molecule has 0 aliphatic carbocycles. The lowest BCUT2D eigenvalue weighted by Crippen LogP contribution is -2.50. The third-order valence-electron chi connectivity index (χ3n) is 4.63. The third-order valence-corrected chi connectivity index (χ3v) is 7.28. The fourth-order valence-corrected chi connectivity index (χ4v) is 4.90. The van der Waals surface area contributed by atoms with E-state index in [0.29, 0.717) is 31.2 Å². The first-order chi connectivity index (χ1) is 14.8. The summed E-state index contributed by atoms with van der Waals surface area (Å²) in [6, 6.07) is 16.1. The Labute approximate surface area is 195 Å². The first-order valence-electron chi connectivity index (χ1n) is 9.57. The molecule has 1 heterocycles. The van der Waals surface area contributed by atoms with Gasteiger partial charge in [0.15, 0.2) is 0 Å². The van der Waals surface area contributed by atoms with Crippen LogP contribution in [0.3, 0.4) is 0 Å². The van der Waals surface area contributed by atoms with Gasteiger partial charge in [-0.15, -0.1) is 0 Å². The van der Waals surface area contributed by atoms with Gasteiger partial charge in [0.2, 0.25) is 10.0 Å². The molecule has 0 unspecified atom stereocenters. The second kappa shape index (κ2) is 11.0. The molecule has 1 amide bonds. The summed E-state index contributed by atoms with van der Waals surface area (Å²) in [5.74, 6) is -0.287. The largest absolute Gasteiger partial charge is 0.292 e. The van der Waals surface area contributed by atoms with Gasteiger partial charge in [-0.1, -0.05) is 57.9 Å². The van der Waals surface area contributed by atoms with Gasteiger partial charge in [-0.05, 0) is 35.9 Å². The molecule has 0 aromatic heterocycles. The van der Waals surface area contributed by atoms with Crippen molar-refractivity contribution in [1.29, 1.82) is 0 Å². The van der Waals surface area contributed by atoms with E-state index in [9.17, 15) is 13.2 Å². The van der Waals surface area contributed by atoms with Crippen LogP contribution in [-0.2, 0) is 14.8 Å². The van der Waals surface area contributed by atoms with E-state index in [0.717, 1.165) is 10.0 Å². The maximum atomic E-state index is 12.7. The maximum Gasteiger partial charge on any atom is 0.254 e. The zero-order valence-electron chi connectivity index (χ0n) is 16.6. The Morgan fingerprint density at radius 1 is 1.06 bits per heavy atom. The van der Waals surface area contributed by atoms with Crippen molar-refractivity contribution >= 4 is 55.8 Å². The highest BCUT2D eigenvalue weighted by atomic mass is 79.9. The summed E-state index contributed by atoms with van der Waals surface area (Å²) in [6.07, 6.45) is 3.11. The van der Waals surface area contributed by atoms with Crippen LogP contribution in [0.5, 0.6) is 0 Å². The molecule has 0 bridgehead atoms. The van der Waals surface area contributed by atoms with E-state index in [1.165, 1.54) is 10.5 Å². The minimum absolute atomic E-state index is 0.129.